The Morgan fingerprint density at radius 3 is 2.22 bits per heavy atom. The predicted molar refractivity (Wildman–Crippen MR) is 151 cm³/mol. The van der Waals surface area contributed by atoms with Crippen molar-refractivity contribution < 1.29 is 28.7 Å². The number of hydrogen-bond donors (Lipinski definition) is 0. The molecule has 0 radical (unpaired) electrons. The zero-order valence-electron chi connectivity index (χ0n) is 21.8. The topological polar surface area (TPSA) is 101 Å². The first-order chi connectivity index (χ1) is 19.7. The van der Waals surface area contributed by atoms with Crippen LogP contribution >= 0.6 is 23.2 Å². The molecule has 0 N–H and O–H groups in total. The molecule has 0 bridgehead atoms. The Bertz CT molecular complexity index is 1570. The summed E-state index contributed by atoms with van der Waals surface area (Å²) in [4.78, 5) is 66.4. The van der Waals surface area contributed by atoms with Crippen molar-refractivity contribution in [2.75, 3.05) is 6.54 Å². The molecular weight excluding hydrogens is 567 g/mol. The second-order valence-electron chi connectivity index (χ2n) is 9.84. The van der Waals surface area contributed by atoms with Crippen LogP contribution in [0.5, 0.6) is 5.75 Å². The van der Waals surface area contributed by atoms with E-state index in [2.05, 4.69) is 0 Å². The first kappa shape index (κ1) is 28.3. The quantitative estimate of drug-likeness (QED) is 0.116. The molecule has 2 aliphatic rings. The van der Waals surface area contributed by atoms with E-state index in [4.69, 9.17) is 27.9 Å². The third-order valence-corrected chi connectivity index (χ3v) is 7.92. The van der Waals surface area contributed by atoms with Crippen LogP contribution in [0, 0.1) is 17.8 Å². The van der Waals surface area contributed by atoms with E-state index in [1.54, 1.807) is 30.3 Å². The summed E-state index contributed by atoms with van der Waals surface area (Å²) in [6, 6.07) is 18.4. The maximum Gasteiger partial charge on any atom is 0.343 e. The van der Waals surface area contributed by atoms with Crippen molar-refractivity contribution >= 4 is 52.7 Å². The Hall–Kier alpha value is -4.27. The summed E-state index contributed by atoms with van der Waals surface area (Å²) in [5.74, 6) is -4.19. The predicted octanol–water partition coefficient (Wildman–Crippen LogP) is 5.65. The normalized spacial score (nSPS) is 19.6. The van der Waals surface area contributed by atoms with E-state index in [9.17, 15) is 24.0 Å². The van der Waals surface area contributed by atoms with Crippen molar-refractivity contribution in [1.29, 1.82) is 0 Å². The highest BCUT2D eigenvalue weighted by atomic mass is 35.5. The van der Waals surface area contributed by atoms with E-state index in [0.29, 0.717) is 12.0 Å². The molecule has 0 spiro atoms. The second kappa shape index (κ2) is 11.7. The van der Waals surface area contributed by atoms with E-state index < -0.39 is 47.9 Å². The van der Waals surface area contributed by atoms with Crippen molar-refractivity contribution in [2.45, 2.75) is 13.3 Å². The van der Waals surface area contributed by atoms with Gasteiger partial charge in [-0.2, -0.15) is 5.01 Å². The first-order valence-electron chi connectivity index (χ1n) is 12.9. The van der Waals surface area contributed by atoms with Crippen LogP contribution in [0.4, 0.5) is 0 Å². The summed E-state index contributed by atoms with van der Waals surface area (Å²) in [7, 11) is 0. The molecule has 3 aromatic rings. The molecule has 1 aliphatic heterocycles. The Kier molecular flexibility index (Phi) is 8.06. The van der Waals surface area contributed by atoms with E-state index in [1.165, 1.54) is 42.5 Å². The third-order valence-electron chi connectivity index (χ3n) is 7.18. The van der Waals surface area contributed by atoms with Crippen LogP contribution in [0.25, 0.3) is 0 Å². The number of hydrogen-bond acceptors (Lipinski definition) is 6. The van der Waals surface area contributed by atoms with Crippen LogP contribution in [-0.2, 0) is 9.59 Å². The van der Waals surface area contributed by atoms with Crippen LogP contribution in [0.1, 0.15) is 44.4 Å². The van der Waals surface area contributed by atoms with Gasteiger partial charge in [-0.25, -0.2) is 9.80 Å². The molecule has 41 heavy (non-hydrogen) atoms. The van der Waals surface area contributed by atoms with Gasteiger partial charge in [-0.15, -0.1) is 0 Å². The van der Waals surface area contributed by atoms with Gasteiger partial charge in [0.15, 0.2) is 5.78 Å². The lowest BCUT2D eigenvalue weighted by Crippen LogP contribution is -2.52. The minimum Gasteiger partial charge on any atom is -0.423 e. The Labute approximate surface area is 246 Å². The summed E-state index contributed by atoms with van der Waals surface area (Å²) in [6.45, 7) is 1.24. The highest BCUT2D eigenvalue weighted by molar-refractivity contribution is 6.42. The average Bonchev–Trinajstić information content (AvgIpc) is 3.23. The smallest absolute Gasteiger partial charge is 0.343 e. The summed E-state index contributed by atoms with van der Waals surface area (Å²) >= 11 is 12.1. The number of esters is 1. The Morgan fingerprint density at radius 2 is 1.56 bits per heavy atom. The number of imide groups is 1. The van der Waals surface area contributed by atoms with Crippen LogP contribution in [0.15, 0.2) is 84.9 Å². The standard InChI is InChI=1S/C31H24Cl2N2O6/c1-18-6-5-9-23-27(18)30(39)35(29(23)38)34(28(37)21-12-15-24(32)25(33)16-21)17-26(36)19-10-13-22(14-11-19)41-31(40)20-7-3-2-4-8-20/h2-8,10-16,18,23,27H,9,17H2,1H3/t18-,23+,27-/m1/s1. The van der Waals surface area contributed by atoms with E-state index in [-0.39, 0.29) is 32.8 Å². The number of carbonyl (C=O) groups excluding carboxylic acids is 5. The lowest BCUT2D eigenvalue weighted by atomic mass is 9.78. The van der Waals surface area contributed by atoms with Gasteiger partial charge in [-0.1, -0.05) is 60.5 Å². The van der Waals surface area contributed by atoms with Gasteiger partial charge < -0.3 is 4.74 Å². The SMILES string of the molecule is C[C@@H]1C=CC[C@@H]2C(=O)N(N(CC(=O)c3ccc(OC(=O)c4ccccc4)cc3)C(=O)c3ccc(Cl)c(Cl)c3)C(=O)[C@H]12. The molecule has 3 amide bonds. The molecule has 0 aromatic heterocycles. The number of Topliss-reactive ketones (excluding diaryl/α,β-unsaturated/α-hetero) is 1. The third kappa shape index (κ3) is 5.66. The van der Waals surface area contributed by atoms with Crippen molar-refractivity contribution in [3.05, 3.63) is 112 Å². The zero-order valence-corrected chi connectivity index (χ0v) is 23.3. The summed E-state index contributed by atoms with van der Waals surface area (Å²) in [5, 5.41) is 2.01. The lowest BCUT2D eigenvalue weighted by Gasteiger charge is -2.30. The van der Waals surface area contributed by atoms with E-state index >= 15 is 0 Å². The van der Waals surface area contributed by atoms with E-state index in [0.717, 1.165) is 10.0 Å². The number of carbonyl (C=O) groups is 5. The molecule has 208 valence electrons. The summed E-state index contributed by atoms with van der Waals surface area (Å²) in [5.41, 5.74) is 0.606. The number of ketones is 1. The molecule has 8 nitrogen and oxygen atoms in total. The number of amides is 3. The molecule has 1 fully saturated rings. The molecule has 1 heterocycles. The van der Waals surface area contributed by atoms with Gasteiger partial charge in [0.25, 0.3) is 17.7 Å². The van der Waals surface area contributed by atoms with Crippen LogP contribution in [0.2, 0.25) is 10.0 Å². The average molecular weight is 591 g/mol. The fourth-order valence-electron chi connectivity index (χ4n) is 5.06. The van der Waals surface area contributed by atoms with Crippen LogP contribution in [0.3, 0.4) is 0 Å². The fourth-order valence-corrected chi connectivity index (χ4v) is 5.35. The Balaban J connectivity index is 1.40. The number of benzene rings is 3. The zero-order chi connectivity index (χ0) is 29.3. The van der Waals surface area contributed by atoms with E-state index in [1.807, 2.05) is 19.1 Å². The molecule has 0 saturated carbocycles. The highest BCUT2D eigenvalue weighted by Gasteiger charge is 2.53. The van der Waals surface area contributed by atoms with Gasteiger partial charge in [-0.05, 0) is 66.9 Å². The van der Waals surface area contributed by atoms with Gasteiger partial charge in [-0.3, -0.25) is 19.2 Å². The summed E-state index contributed by atoms with van der Waals surface area (Å²) < 4.78 is 5.37. The highest BCUT2D eigenvalue weighted by Crippen LogP contribution is 2.39. The number of rotatable bonds is 7. The van der Waals surface area contributed by atoms with Crippen LogP contribution < -0.4 is 4.74 Å². The molecule has 3 atom stereocenters. The minimum absolute atomic E-state index is 0.0528. The number of hydrazine groups is 1. The van der Waals surface area contributed by atoms with Crippen molar-refractivity contribution in [2.24, 2.45) is 17.8 Å². The maximum absolute atomic E-state index is 13.7. The number of fused-ring (bicyclic) bond motifs is 1. The number of halogens is 2. The maximum atomic E-state index is 13.7. The molecule has 5 rings (SSSR count). The van der Waals surface area contributed by atoms with Crippen LogP contribution in [-0.4, -0.2) is 46.0 Å². The molecule has 10 heteroatoms. The monoisotopic (exact) mass is 590 g/mol. The molecule has 1 saturated heterocycles. The number of allylic oxidation sites excluding steroid dienone is 2. The molecular formula is C31H24Cl2N2O6. The number of nitrogens with zero attached hydrogens (tertiary/aromatic N) is 2. The Morgan fingerprint density at radius 1 is 0.878 bits per heavy atom. The van der Waals surface area contributed by atoms with Crippen molar-refractivity contribution in [1.82, 2.24) is 10.0 Å². The van der Waals surface area contributed by atoms with Crippen molar-refractivity contribution in [3.63, 3.8) is 0 Å². The van der Waals surface area contributed by atoms with Gasteiger partial charge >= 0.3 is 5.97 Å². The molecule has 0 unspecified atom stereocenters. The largest absolute Gasteiger partial charge is 0.423 e. The van der Waals surface area contributed by atoms with Gasteiger partial charge in [0.1, 0.15) is 12.3 Å². The van der Waals surface area contributed by atoms with Gasteiger partial charge in [0, 0.05) is 11.1 Å². The summed E-state index contributed by atoms with van der Waals surface area (Å²) in [6.07, 6.45) is 4.09. The lowest BCUT2D eigenvalue weighted by molar-refractivity contribution is -0.154. The molecule has 3 aromatic carbocycles. The number of ether oxygens (including phenoxy) is 1. The van der Waals surface area contributed by atoms with Crippen molar-refractivity contribution in [3.8, 4) is 5.75 Å². The van der Waals surface area contributed by atoms with Gasteiger partial charge in [0.2, 0.25) is 0 Å². The second-order valence-corrected chi connectivity index (χ2v) is 10.7. The van der Waals surface area contributed by atoms with Gasteiger partial charge in [0.05, 0.1) is 27.4 Å². The molecule has 1 aliphatic carbocycles. The fraction of sp³-hybridized carbons (Fsp3) is 0.194. The minimum atomic E-state index is -0.758. The first-order valence-corrected chi connectivity index (χ1v) is 13.6.